The van der Waals surface area contributed by atoms with Gasteiger partial charge >= 0.3 is 5.97 Å². The number of anilines is 1. The molecular weight excluding hydrogens is 476 g/mol. The van der Waals surface area contributed by atoms with Crippen LogP contribution in [0.25, 0.3) is 11.3 Å². The molecule has 0 fully saturated rings. The molecule has 2 aromatic heterocycles. The highest BCUT2D eigenvalue weighted by molar-refractivity contribution is 7.90. The predicted octanol–water partition coefficient (Wildman–Crippen LogP) is 4.48. The minimum Gasteiger partial charge on any atom is -0.457 e. The van der Waals surface area contributed by atoms with Crippen molar-refractivity contribution in [2.24, 2.45) is 0 Å². The average molecular weight is 497 g/mol. The molecule has 1 amide bonds. The molecule has 0 spiro atoms. The Morgan fingerprint density at radius 2 is 1.79 bits per heavy atom. The molecule has 4 aromatic rings. The number of carbonyl (C=O) groups excluding carboxylic acids is 2. The van der Waals surface area contributed by atoms with Gasteiger partial charge in [-0.25, -0.2) is 18.2 Å². The second-order valence-electron chi connectivity index (χ2n) is 7.38. The second-order valence-corrected chi connectivity index (χ2v) is 10.2. The van der Waals surface area contributed by atoms with Gasteiger partial charge in [0.2, 0.25) is 5.76 Å². The topological polar surface area (TPSA) is 116 Å². The van der Waals surface area contributed by atoms with E-state index in [1.807, 2.05) is 36.6 Å². The van der Waals surface area contributed by atoms with Crippen LogP contribution in [0, 0.1) is 6.92 Å². The molecule has 0 aliphatic heterocycles. The molecule has 0 atom stereocenters. The summed E-state index contributed by atoms with van der Waals surface area (Å²) in [6.07, 6.45) is 1.20. The molecule has 1 N–H and O–H groups in total. The van der Waals surface area contributed by atoms with Crippen molar-refractivity contribution < 1.29 is 27.2 Å². The number of rotatable bonds is 8. The Kier molecular flexibility index (Phi) is 6.90. The summed E-state index contributed by atoms with van der Waals surface area (Å²) in [6, 6.07) is 17.1. The van der Waals surface area contributed by atoms with Gasteiger partial charge in [-0.2, -0.15) is 0 Å². The number of esters is 1. The Bertz CT molecular complexity index is 1410. The van der Waals surface area contributed by atoms with E-state index in [2.05, 4.69) is 10.3 Å². The summed E-state index contributed by atoms with van der Waals surface area (Å²) in [5.74, 6) is -2.21. The van der Waals surface area contributed by atoms with Crippen LogP contribution in [-0.4, -0.2) is 31.9 Å². The van der Waals surface area contributed by atoms with Gasteiger partial charge in [-0.15, -0.1) is 11.3 Å². The zero-order valence-electron chi connectivity index (χ0n) is 18.1. The quantitative estimate of drug-likeness (QED) is 0.358. The molecular formula is C24H20N2O6S2. The third-order valence-electron chi connectivity index (χ3n) is 4.81. The molecule has 0 saturated carbocycles. The van der Waals surface area contributed by atoms with Crippen LogP contribution in [0.4, 0.5) is 5.13 Å². The molecule has 0 saturated heterocycles. The van der Waals surface area contributed by atoms with Crippen molar-refractivity contribution in [2.75, 3.05) is 11.9 Å². The lowest BCUT2D eigenvalue weighted by Gasteiger charge is -2.06. The highest BCUT2D eigenvalue weighted by Crippen LogP contribution is 2.25. The normalized spacial score (nSPS) is 11.2. The molecule has 4 rings (SSSR count). The molecule has 2 heterocycles. The van der Waals surface area contributed by atoms with Gasteiger partial charge in [0.15, 0.2) is 21.6 Å². The summed E-state index contributed by atoms with van der Waals surface area (Å²) >= 11 is 1.25. The summed E-state index contributed by atoms with van der Waals surface area (Å²) in [4.78, 5) is 29.1. The largest absolute Gasteiger partial charge is 0.457 e. The predicted molar refractivity (Wildman–Crippen MR) is 127 cm³/mol. The van der Waals surface area contributed by atoms with E-state index in [1.54, 1.807) is 18.2 Å². The van der Waals surface area contributed by atoms with Gasteiger partial charge in [0.05, 0.1) is 22.6 Å². The van der Waals surface area contributed by atoms with Crippen molar-refractivity contribution >= 4 is 38.2 Å². The Morgan fingerprint density at radius 3 is 2.53 bits per heavy atom. The standard InChI is InChI=1S/C24H20N2O6S2/c1-16-7-9-17(10-8-16)20-14-33-24(25-20)26-21(27)13-32-23(28)22-18(11-12-31-22)15-34(29,30)19-5-3-2-4-6-19/h2-12,14H,13,15H2,1H3,(H,25,26,27). The van der Waals surface area contributed by atoms with Gasteiger partial charge in [-0.1, -0.05) is 48.0 Å². The van der Waals surface area contributed by atoms with Crippen LogP contribution in [0.1, 0.15) is 21.7 Å². The second kappa shape index (κ2) is 10.0. The highest BCUT2D eigenvalue weighted by atomic mass is 32.2. The zero-order chi connectivity index (χ0) is 24.1. The first-order valence-electron chi connectivity index (χ1n) is 10.2. The fourth-order valence-corrected chi connectivity index (χ4v) is 5.20. The van der Waals surface area contributed by atoms with E-state index in [0.29, 0.717) is 5.13 Å². The Balaban J connectivity index is 1.34. The van der Waals surface area contributed by atoms with Gasteiger partial charge in [0.25, 0.3) is 5.91 Å². The van der Waals surface area contributed by atoms with Crippen molar-refractivity contribution in [3.8, 4) is 11.3 Å². The van der Waals surface area contributed by atoms with E-state index in [1.165, 1.54) is 35.8 Å². The van der Waals surface area contributed by atoms with Crippen molar-refractivity contribution in [3.63, 3.8) is 0 Å². The van der Waals surface area contributed by atoms with Crippen LogP contribution in [-0.2, 0) is 25.1 Å². The van der Waals surface area contributed by atoms with Crippen molar-refractivity contribution in [1.82, 2.24) is 4.98 Å². The van der Waals surface area contributed by atoms with E-state index >= 15 is 0 Å². The number of sulfone groups is 1. The molecule has 2 aromatic carbocycles. The summed E-state index contributed by atoms with van der Waals surface area (Å²) in [5, 5.41) is 4.76. The van der Waals surface area contributed by atoms with Gasteiger partial charge in [0.1, 0.15) is 0 Å². The zero-order valence-corrected chi connectivity index (χ0v) is 19.7. The summed E-state index contributed by atoms with van der Waals surface area (Å²) < 4.78 is 35.4. The summed E-state index contributed by atoms with van der Waals surface area (Å²) in [5.41, 5.74) is 2.92. The van der Waals surface area contributed by atoms with Gasteiger partial charge in [-0.05, 0) is 25.1 Å². The lowest BCUT2D eigenvalue weighted by Crippen LogP contribution is -2.21. The number of hydrogen-bond donors (Lipinski definition) is 1. The number of carbonyl (C=O) groups is 2. The maximum atomic E-state index is 12.6. The van der Waals surface area contributed by atoms with Crippen molar-refractivity contribution in [2.45, 2.75) is 17.6 Å². The van der Waals surface area contributed by atoms with Crippen molar-refractivity contribution in [1.29, 1.82) is 0 Å². The molecule has 34 heavy (non-hydrogen) atoms. The molecule has 10 heteroatoms. The monoisotopic (exact) mass is 496 g/mol. The first kappa shape index (κ1) is 23.4. The third-order valence-corrected chi connectivity index (χ3v) is 7.25. The minimum atomic E-state index is -3.69. The van der Waals surface area contributed by atoms with E-state index in [-0.39, 0.29) is 16.2 Å². The van der Waals surface area contributed by atoms with Crippen LogP contribution in [0.15, 0.2) is 81.6 Å². The lowest BCUT2D eigenvalue weighted by atomic mass is 10.1. The Hall–Kier alpha value is -3.76. The van der Waals surface area contributed by atoms with Gasteiger partial charge in [-0.3, -0.25) is 10.1 Å². The summed E-state index contributed by atoms with van der Waals surface area (Å²) in [7, 11) is -3.69. The maximum Gasteiger partial charge on any atom is 0.375 e. The van der Waals surface area contributed by atoms with E-state index in [9.17, 15) is 18.0 Å². The van der Waals surface area contributed by atoms with Crippen LogP contribution in [0.5, 0.6) is 0 Å². The fourth-order valence-electron chi connectivity index (χ4n) is 3.08. The number of furan rings is 1. The molecule has 8 nitrogen and oxygen atoms in total. The van der Waals surface area contributed by atoms with Crippen LogP contribution < -0.4 is 5.32 Å². The number of nitrogens with zero attached hydrogens (tertiary/aromatic N) is 1. The third kappa shape index (κ3) is 5.59. The van der Waals surface area contributed by atoms with E-state index in [4.69, 9.17) is 9.15 Å². The summed E-state index contributed by atoms with van der Waals surface area (Å²) in [6.45, 7) is 1.41. The number of hydrogen-bond acceptors (Lipinski definition) is 8. The first-order valence-corrected chi connectivity index (χ1v) is 12.7. The molecule has 0 bridgehead atoms. The number of aromatic nitrogens is 1. The maximum absolute atomic E-state index is 12.6. The Labute approximate surface area is 200 Å². The van der Waals surface area contributed by atoms with E-state index < -0.39 is 34.1 Å². The first-order chi connectivity index (χ1) is 16.3. The van der Waals surface area contributed by atoms with Crippen LogP contribution >= 0.6 is 11.3 Å². The van der Waals surface area contributed by atoms with E-state index in [0.717, 1.165) is 16.8 Å². The number of ether oxygens (including phenoxy) is 1. The molecule has 0 aliphatic rings. The molecule has 174 valence electrons. The number of nitrogens with one attached hydrogen (secondary N) is 1. The fraction of sp³-hybridized carbons (Fsp3) is 0.125. The van der Waals surface area contributed by atoms with Gasteiger partial charge < -0.3 is 9.15 Å². The number of amides is 1. The number of aryl methyl sites for hydroxylation is 1. The molecule has 0 unspecified atom stereocenters. The van der Waals surface area contributed by atoms with Crippen molar-refractivity contribution in [3.05, 3.63) is 89.2 Å². The van der Waals surface area contributed by atoms with Gasteiger partial charge in [0, 0.05) is 16.5 Å². The average Bonchev–Trinajstić information content (AvgIpc) is 3.48. The van der Waals surface area contributed by atoms with Crippen LogP contribution in [0.2, 0.25) is 0 Å². The minimum absolute atomic E-state index is 0.128. The van der Waals surface area contributed by atoms with Crippen LogP contribution in [0.3, 0.4) is 0 Å². The molecule has 0 aliphatic carbocycles. The SMILES string of the molecule is Cc1ccc(-c2csc(NC(=O)COC(=O)c3occc3CS(=O)(=O)c3ccccc3)n2)cc1. The number of thiazole rings is 1. The molecule has 0 radical (unpaired) electrons. The lowest BCUT2D eigenvalue weighted by molar-refractivity contribution is -0.119. The highest BCUT2D eigenvalue weighted by Gasteiger charge is 2.24. The Morgan fingerprint density at radius 1 is 1.06 bits per heavy atom. The number of benzene rings is 2. The smallest absolute Gasteiger partial charge is 0.375 e.